The molecule has 0 saturated carbocycles. The molecule has 0 fully saturated rings. The summed E-state index contributed by atoms with van der Waals surface area (Å²) in [5.41, 5.74) is 11.5. The van der Waals surface area contributed by atoms with Gasteiger partial charge in [-0.2, -0.15) is 9.78 Å². The molecule has 3 aromatic rings. The van der Waals surface area contributed by atoms with E-state index in [0.717, 1.165) is 4.68 Å². The fourth-order valence-corrected chi connectivity index (χ4v) is 2.19. The van der Waals surface area contributed by atoms with E-state index in [0.29, 0.717) is 17.1 Å². The van der Waals surface area contributed by atoms with Crippen LogP contribution in [0.2, 0.25) is 5.02 Å². The molecule has 0 atom stereocenters. The lowest BCUT2D eigenvalue weighted by Crippen LogP contribution is -2.01. The molecule has 0 unspecified atom stereocenters. The van der Waals surface area contributed by atoms with Crippen molar-refractivity contribution in [2.45, 2.75) is 0 Å². The van der Waals surface area contributed by atoms with Crippen LogP contribution < -0.4 is 11.5 Å². The van der Waals surface area contributed by atoms with Crippen LogP contribution in [-0.4, -0.2) is 26.0 Å². The van der Waals surface area contributed by atoms with Gasteiger partial charge in [0.15, 0.2) is 0 Å². The fraction of sp³-hybridized carbons (Fsp3) is 0. The van der Waals surface area contributed by atoms with Crippen molar-refractivity contribution in [2.75, 3.05) is 11.5 Å². The molecule has 2 heterocycles. The Morgan fingerprint density at radius 3 is 2.58 bits per heavy atom. The van der Waals surface area contributed by atoms with Gasteiger partial charge in [0.25, 0.3) is 5.69 Å². The molecule has 10 nitrogen and oxygen atoms in total. The Hall–Kier alpha value is -3.40. The second kappa shape index (κ2) is 6.01. The zero-order valence-electron chi connectivity index (χ0n) is 12.0. The highest BCUT2D eigenvalue weighted by Gasteiger charge is 2.13. The van der Waals surface area contributed by atoms with Crippen molar-refractivity contribution in [1.29, 1.82) is 0 Å². The van der Waals surface area contributed by atoms with E-state index in [2.05, 4.69) is 15.3 Å². The Balaban J connectivity index is 1.87. The van der Waals surface area contributed by atoms with Gasteiger partial charge in [0.1, 0.15) is 11.5 Å². The summed E-state index contributed by atoms with van der Waals surface area (Å²) in [6, 6.07) is 7.42. The predicted molar refractivity (Wildman–Crippen MR) is 87.6 cm³/mol. The molecule has 3 rings (SSSR count). The van der Waals surface area contributed by atoms with Crippen molar-refractivity contribution in [3.8, 4) is 11.3 Å². The third kappa shape index (κ3) is 2.90. The van der Waals surface area contributed by atoms with E-state index in [1.807, 2.05) is 0 Å². The van der Waals surface area contributed by atoms with Crippen LogP contribution in [-0.2, 0) is 0 Å². The Bertz CT molecular complexity index is 927. The number of anilines is 2. The average molecular weight is 348 g/mol. The molecule has 4 N–H and O–H groups in total. The number of halogens is 1. The highest BCUT2D eigenvalue weighted by atomic mass is 35.5. The van der Waals surface area contributed by atoms with E-state index in [9.17, 15) is 10.1 Å². The highest BCUT2D eigenvalue weighted by molar-refractivity contribution is 6.33. The SMILES string of the molecule is Nc1nnc(N)n1N=Cc1ccc(-c2ccc([N+](=O)[O-])cc2Cl)o1. The van der Waals surface area contributed by atoms with E-state index in [1.165, 1.54) is 24.4 Å². The van der Waals surface area contributed by atoms with Gasteiger partial charge in [-0.25, -0.2) is 0 Å². The van der Waals surface area contributed by atoms with Gasteiger partial charge < -0.3 is 15.9 Å². The van der Waals surface area contributed by atoms with E-state index in [1.54, 1.807) is 12.1 Å². The fourth-order valence-electron chi connectivity index (χ4n) is 1.92. The lowest BCUT2D eigenvalue weighted by atomic mass is 10.1. The number of hydrogen-bond acceptors (Lipinski definition) is 8. The van der Waals surface area contributed by atoms with E-state index < -0.39 is 4.92 Å². The van der Waals surface area contributed by atoms with Crippen LogP contribution in [0.3, 0.4) is 0 Å². The second-order valence-electron chi connectivity index (χ2n) is 4.60. The molecule has 1 aromatic carbocycles. The average Bonchev–Trinajstić information content (AvgIpc) is 3.13. The molecule has 2 aromatic heterocycles. The van der Waals surface area contributed by atoms with Crippen molar-refractivity contribution >= 4 is 35.4 Å². The first kappa shape index (κ1) is 15.5. The summed E-state index contributed by atoms with van der Waals surface area (Å²) in [5, 5.41) is 22.1. The standard InChI is InChI=1S/C13H10ClN7O3/c14-10-5-7(21(22)23)1-3-9(10)11-4-2-8(24-11)6-17-20-12(15)18-19-13(20)16/h1-6H,(H2,15,18)(H2,16,19). The number of nitro benzene ring substituents is 1. The van der Waals surface area contributed by atoms with Crippen molar-refractivity contribution in [2.24, 2.45) is 5.10 Å². The topological polar surface area (TPSA) is 151 Å². The van der Waals surface area contributed by atoms with Crippen LogP contribution in [0, 0.1) is 10.1 Å². The third-order valence-electron chi connectivity index (χ3n) is 3.05. The van der Waals surface area contributed by atoms with Gasteiger partial charge >= 0.3 is 0 Å². The third-order valence-corrected chi connectivity index (χ3v) is 3.36. The van der Waals surface area contributed by atoms with Crippen LogP contribution in [0.5, 0.6) is 0 Å². The number of hydrogen-bond donors (Lipinski definition) is 2. The van der Waals surface area contributed by atoms with Gasteiger partial charge in [-0.3, -0.25) is 10.1 Å². The molecule has 0 saturated heterocycles. The molecule has 0 spiro atoms. The summed E-state index contributed by atoms with van der Waals surface area (Å²) in [4.78, 5) is 10.2. The van der Waals surface area contributed by atoms with Crippen LogP contribution in [0.25, 0.3) is 11.3 Å². The van der Waals surface area contributed by atoms with Gasteiger partial charge in [-0.05, 0) is 18.2 Å². The number of nitro groups is 1. The Morgan fingerprint density at radius 2 is 1.96 bits per heavy atom. The number of nitrogens with zero attached hydrogens (tertiary/aromatic N) is 5. The summed E-state index contributed by atoms with van der Waals surface area (Å²) < 4.78 is 6.73. The summed E-state index contributed by atoms with van der Waals surface area (Å²) in [6.07, 6.45) is 1.37. The Labute approximate surface area is 139 Å². The van der Waals surface area contributed by atoms with Gasteiger partial charge in [-0.15, -0.1) is 10.2 Å². The number of aromatic nitrogens is 3. The van der Waals surface area contributed by atoms with Gasteiger partial charge in [-0.1, -0.05) is 11.6 Å². The van der Waals surface area contributed by atoms with Gasteiger partial charge in [0.05, 0.1) is 16.2 Å². The lowest BCUT2D eigenvalue weighted by Gasteiger charge is -2.00. The van der Waals surface area contributed by atoms with Crippen molar-refractivity contribution in [1.82, 2.24) is 14.9 Å². The number of non-ortho nitro benzene ring substituents is 1. The molecule has 0 bridgehead atoms. The minimum Gasteiger partial charge on any atom is -0.455 e. The van der Waals surface area contributed by atoms with Crippen molar-refractivity contribution < 1.29 is 9.34 Å². The Kier molecular flexibility index (Phi) is 3.88. The summed E-state index contributed by atoms with van der Waals surface area (Å²) in [6.45, 7) is 0. The van der Waals surface area contributed by atoms with E-state index in [-0.39, 0.29) is 22.6 Å². The van der Waals surface area contributed by atoms with E-state index >= 15 is 0 Å². The first-order chi connectivity index (χ1) is 11.5. The number of rotatable bonds is 4. The molecule has 0 aliphatic rings. The summed E-state index contributed by atoms with van der Waals surface area (Å²) in [5.74, 6) is 0.899. The lowest BCUT2D eigenvalue weighted by molar-refractivity contribution is -0.384. The molecule has 0 radical (unpaired) electrons. The zero-order chi connectivity index (χ0) is 17.3. The molecule has 24 heavy (non-hydrogen) atoms. The molecule has 0 aliphatic carbocycles. The van der Waals surface area contributed by atoms with Crippen LogP contribution in [0.4, 0.5) is 17.6 Å². The Morgan fingerprint density at radius 1 is 1.25 bits per heavy atom. The van der Waals surface area contributed by atoms with Crippen molar-refractivity contribution in [3.63, 3.8) is 0 Å². The van der Waals surface area contributed by atoms with Crippen molar-refractivity contribution in [3.05, 3.63) is 51.2 Å². The maximum absolute atomic E-state index is 10.7. The maximum atomic E-state index is 10.7. The first-order valence-electron chi connectivity index (χ1n) is 6.50. The summed E-state index contributed by atoms with van der Waals surface area (Å²) >= 11 is 6.07. The highest BCUT2D eigenvalue weighted by Crippen LogP contribution is 2.32. The minimum absolute atomic E-state index is 0.0361. The number of nitrogen functional groups attached to an aromatic ring is 2. The molecule has 0 aliphatic heterocycles. The monoisotopic (exact) mass is 347 g/mol. The normalized spacial score (nSPS) is 11.2. The maximum Gasteiger partial charge on any atom is 0.270 e. The minimum atomic E-state index is -0.524. The summed E-state index contributed by atoms with van der Waals surface area (Å²) in [7, 11) is 0. The quantitative estimate of drug-likeness (QED) is 0.416. The smallest absolute Gasteiger partial charge is 0.270 e. The zero-order valence-corrected chi connectivity index (χ0v) is 12.7. The number of nitrogens with two attached hydrogens (primary N) is 2. The van der Waals surface area contributed by atoms with Crippen LogP contribution >= 0.6 is 11.6 Å². The molecule has 11 heteroatoms. The molecule has 122 valence electrons. The molecular weight excluding hydrogens is 338 g/mol. The molecular formula is C13H10ClN7O3. The number of furan rings is 1. The van der Waals surface area contributed by atoms with Crippen LogP contribution in [0.1, 0.15) is 5.76 Å². The van der Waals surface area contributed by atoms with Gasteiger partial charge in [0, 0.05) is 17.7 Å². The largest absolute Gasteiger partial charge is 0.455 e. The van der Waals surface area contributed by atoms with Crippen LogP contribution in [0.15, 0.2) is 39.9 Å². The number of benzene rings is 1. The first-order valence-corrected chi connectivity index (χ1v) is 6.88. The van der Waals surface area contributed by atoms with E-state index in [4.69, 9.17) is 27.5 Å². The predicted octanol–water partition coefficient (Wildman–Crippen LogP) is 2.15. The molecule has 0 amide bonds. The van der Waals surface area contributed by atoms with Gasteiger partial charge in [0.2, 0.25) is 11.9 Å². The second-order valence-corrected chi connectivity index (χ2v) is 5.00.